The lowest BCUT2D eigenvalue weighted by Crippen LogP contribution is -2.64. The van der Waals surface area contributed by atoms with Gasteiger partial charge in [-0.25, -0.2) is 4.98 Å². The van der Waals surface area contributed by atoms with Crippen molar-refractivity contribution in [3.05, 3.63) is 60.2 Å². The van der Waals surface area contributed by atoms with Gasteiger partial charge in [-0.3, -0.25) is 29.1 Å². The molecule has 1 aromatic heterocycles. The molecule has 39 heavy (non-hydrogen) atoms. The molecule has 0 spiro atoms. The summed E-state index contributed by atoms with van der Waals surface area (Å²) >= 11 is 0. The predicted molar refractivity (Wildman–Crippen MR) is 139 cm³/mol. The first-order valence-electron chi connectivity index (χ1n) is 12.8. The molecule has 12 nitrogen and oxygen atoms in total. The van der Waals surface area contributed by atoms with Gasteiger partial charge in [-0.05, 0) is 24.9 Å². The van der Waals surface area contributed by atoms with Crippen molar-refractivity contribution in [2.75, 3.05) is 20.3 Å². The third kappa shape index (κ3) is 7.18. The molecule has 0 radical (unpaired) electrons. The summed E-state index contributed by atoms with van der Waals surface area (Å²) < 4.78 is 16.6. The van der Waals surface area contributed by atoms with Gasteiger partial charge in [0.05, 0.1) is 25.4 Å². The fourth-order valence-electron chi connectivity index (χ4n) is 4.52. The van der Waals surface area contributed by atoms with Crippen LogP contribution in [-0.4, -0.2) is 90.1 Å². The number of hydrogen-bond donors (Lipinski definition) is 2. The van der Waals surface area contributed by atoms with Gasteiger partial charge in [0, 0.05) is 18.8 Å². The summed E-state index contributed by atoms with van der Waals surface area (Å²) in [6, 6.07) is 6.66. The minimum Gasteiger partial charge on any atom is -0.497 e. The molecule has 2 saturated heterocycles. The van der Waals surface area contributed by atoms with Crippen LogP contribution < -0.4 is 10.6 Å². The van der Waals surface area contributed by atoms with Gasteiger partial charge >= 0.3 is 19.1 Å². The molecular formula is C26H32BN5O7. The minimum atomic E-state index is -1.35. The normalized spacial score (nSPS) is 21.2. The highest BCUT2D eigenvalue weighted by Crippen LogP contribution is 2.21. The number of nitrogens with zero attached hydrogens (tertiary/aromatic N) is 3. The van der Waals surface area contributed by atoms with Crippen LogP contribution in [0.4, 0.5) is 0 Å². The van der Waals surface area contributed by atoms with Crippen molar-refractivity contribution in [1.29, 1.82) is 0 Å². The van der Waals surface area contributed by atoms with E-state index in [1.807, 2.05) is 44.2 Å². The van der Waals surface area contributed by atoms with Gasteiger partial charge in [0.25, 0.3) is 5.91 Å². The lowest BCUT2D eigenvalue weighted by Gasteiger charge is -2.40. The fraction of sp³-hybridized carbons (Fsp3) is 0.462. The molecule has 2 fully saturated rings. The second-order valence-electron chi connectivity index (χ2n) is 10.0. The minimum absolute atomic E-state index is 0.0467. The van der Waals surface area contributed by atoms with Crippen LogP contribution in [0.3, 0.4) is 0 Å². The van der Waals surface area contributed by atoms with Crippen molar-refractivity contribution in [2.45, 2.75) is 50.8 Å². The van der Waals surface area contributed by atoms with E-state index >= 15 is 0 Å². The highest BCUT2D eigenvalue weighted by Gasteiger charge is 2.48. The fourth-order valence-corrected chi connectivity index (χ4v) is 4.52. The molecule has 3 heterocycles. The second-order valence-corrected chi connectivity index (χ2v) is 10.0. The van der Waals surface area contributed by atoms with Gasteiger partial charge in [-0.2, -0.15) is 0 Å². The number of nitrogens with one attached hydrogen (secondary N) is 2. The zero-order valence-corrected chi connectivity index (χ0v) is 22.1. The summed E-state index contributed by atoms with van der Waals surface area (Å²) in [5.41, 5.74) is 0.875. The van der Waals surface area contributed by atoms with Crippen molar-refractivity contribution in [1.82, 2.24) is 25.5 Å². The second kappa shape index (κ2) is 12.8. The van der Waals surface area contributed by atoms with E-state index in [2.05, 4.69) is 20.6 Å². The number of benzene rings is 1. The summed E-state index contributed by atoms with van der Waals surface area (Å²) in [5.74, 6) is -3.14. The van der Waals surface area contributed by atoms with Crippen molar-refractivity contribution in [3.8, 4) is 0 Å². The predicted octanol–water partition coefficient (Wildman–Crippen LogP) is 0.175. The molecular weight excluding hydrogens is 505 g/mol. The maximum Gasteiger partial charge on any atom is 0.622 e. The first kappa shape index (κ1) is 28.2. The van der Waals surface area contributed by atoms with Gasteiger partial charge in [0.1, 0.15) is 23.8 Å². The number of amides is 2. The Hall–Kier alpha value is -3.84. The number of carbonyl (C=O) groups excluding carboxylic acids is 4. The van der Waals surface area contributed by atoms with E-state index in [0.717, 1.165) is 5.56 Å². The number of aromatic nitrogens is 2. The Kier molecular flexibility index (Phi) is 9.26. The average molecular weight is 537 g/mol. The smallest absolute Gasteiger partial charge is 0.497 e. The largest absolute Gasteiger partial charge is 0.622 e. The standard InChI is InChI=1S/C26H32BN5O7/c1-16(2)11-22(27-38-25(35)20-14-37-15-21(32(20)3)26(36)39-27)31-23(33)18(12-17-7-5-4-6-8-17)30-24(34)19-13-28-9-10-29-19/h4-10,13,16,18,20-22H,11-12,14-15H2,1-3H3,(H,30,34)(H,31,33)/t18-,20+,21+,22-/m0/s1. The first-order valence-corrected chi connectivity index (χ1v) is 12.8. The van der Waals surface area contributed by atoms with Crippen molar-refractivity contribution < 1.29 is 33.2 Å². The molecule has 2 aliphatic heterocycles. The molecule has 206 valence electrons. The maximum atomic E-state index is 13.6. The monoisotopic (exact) mass is 537 g/mol. The van der Waals surface area contributed by atoms with Crippen LogP contribution in [0.15, 0.2) is 48.9 Å². The molecule has 2 bridgehead atoms. The van der Waals surface area contributed by atoms with Crippen LogP contribution in [-0.2, 0) is 34.9 Å². The third-order valence-corrected chi connectivity index (χ3v) is 6.63. The number of hydrogen-bond acceptors (Lipinski definition) is 10. The summed E-state index contributed by atoms with van der Waals surface area (Å²) in [4.78, 5) is 61.9. The van der Waals surface area contributed by atoms with Gasteiger partial charge in [0.15, 0.2) is 0 Å². The van der Waals surface area contributed by atoms with E-state index in [9.17, 15) is 19.2 Å². The number of fused-ring (bicyclic) bond motifs is 2. The molecule has 4 atom stereocenters. The molecule has 2 N–H and O–H groups in total. The van der Waals surface area contributed by atoms with E-state index < -0.39 is 54.9 Å². The Morgan fingerprint density at radius 1 is 1.05 bits per heavy atom. The first-order chi connectivity index (χ1) is 18.7. The lowest BCUT2D eigenvalue weighted by atomic mass is 9.73. The summed E-state index contributed by atoms with van der Waals surface area (Å²) in [6.45, 7) is 4.03. The Labute approximate surface area is 226 Å². The molecule has 0 unspecified atom stereocenters. The van der Waals surface area contributed by atoms with Crippen molar-refractivity contribution >= 4 is 30.9 Å². The quantitative estimate of drug-likeness (QED) is 0.424. The summed E-state index contributed by atoms with van der Waals surface area (Å²) in [5, 5.41) is 5.60. The highest BCUT2D eigenvalue weighted by atomic mass is 16.6. The molecule has 0 saturated carbocycles. The molecule has 2 aliphatic rings. The van der Waals surface area contributed by atoms with E-state index in [1.54, 1.807) is 11.9 Å². The average Bonchev–Trinajstić information content (AvgIpc) is 2.92. The summed E-state index contributed by atoms with van der Waals surface area (Å²) in [7, 11) is 0.295. The van der Waals surface area contributed by atoms with E-state index in [4.69, 9.17) is 14.0 Å². The highest BCUT2D eigenvalue weighted by molar-refractivity contribution is 6.51. The van der Waals surface area contributed by atoms with Crippen LogP contribution in [0.2, 0.25) is 0 Å². The van der Waals surface area contributed by atoms with E-state index in [1.165, 1.54) is 18.6 Å². The van der Waals surface area contributed by atoms with Gasteiger partial charge in [-0.1, -0.05) is 44.2 Å². The Bertz CT molecular complexity index is 1140. The zero-order chi connectivity index (χ0) is 27.9. The SMILES string of the molecule is CC(C)C[C@H](NC(=O)[C@H](Cc1ccccc1)NC(=O)c1cnccn1)B1OC(=O)[C@H]2COC[C@H](C(=O)O1)N2C. The number of rotatable bonds is 9. The topological polar surface area (TPSA) is 149 Å². The van der Waals surface area contributed by atoms with E-state index in [0.29, 0.717) is 6.42 Å². The number of ether oxygens (including phenoxy) is 1. The van der Waals surface area contributed by atoms with Crippen LogP contribution >= 0.6 is 0 Å². The molecule has 13 heteroatoms. The van der Waals surface area contributed by atoms with Crippen molar-refractivity contribution in [2.24, 2.45) is 5.92 Å². The molecule has 1 aromatic carbocycles. The number of carbonyl (C=O) groups is 4. The molecule has 4 rings (SSSR count). The Morgan fingerprint density at radius 3 is 2.31 bits per heavy atom. The van der Waals surface area contributed by atoms with Crippen LogP contribution in [0, 0.1) is 5.92 Å². The molecule has 2 aromatic rings. The number of likely N-dealkylation sites (N-methyl/N-ethyl adjacent to an activating group) is 1. The van der Waals surface area contributed by atoms with Gasteiger partial charge in [-0.15, -0.1) is 0 Å². The molecule has 2 amide bonds. The van der Waals surface area contributed by atoms with Crippen LogP contribution in [0.25, 0.3) is 0 Å². The zero-order valence-electron chi connectivity index (χ0n) is 22.1. The van der Waals surface area contributed by atoms with Gasteiger partial charge in [0.2, 0.25) is 5.91 Å². The third-order valence-electron chi connectivity index (χ3n) is 6.63. The Morgan fingerprint density at radius 2 is 1.72 bits per heavy atom. The lowest BCUT2D eigenvalue weighted by molar-refractivity contribution is -0.166. The summed E-state index contributed by atoms with van der Waals surface area (Å²) in [6.07, 6.45) is 4.66. The van der Waals surface area contributed by atoms with Gasteiger partial charge < -0.3 is 24.7 Å². The van der Waals surface area contributed by atoms with Crippen LogP contribution in [0.1, 0.15) is 36.3 Å². The molecule has 0 aliphatic carbocycles. The maximum absolute atomic E-state index is 13.6. The number of morpholine rings is 1. The Balaban J connectivity index is 1.56. The van der Waals surface area contributed by atoms with Crippen molar-refractivity contribution in [3.63, 3.8) is 0 Å². The van der Waals surface area contributed by atoms with Crippen LogP contribution in [0.5, 0.6) is 0 Å². The van der Waals surface area contributed by atoms with E-state index in [-0.39, 0.29) is 31.2 Å².